The molecule has 1 atom stereocenters. The molecule has 1 N–H and O–H groups in total. The third kappa shape index (κ3) is 2.80. The zero-order chi connectivity index (χ0) is 11.4. The maximum atomic E-state index is 5.37. The molecule has 0 saturated carbocycles. The van der Waals surface area contributed by atoms with Gasteiger partial charge in [-0.2, -0.15) is 5.10 Å². The van der Waals surface area contributed by atoms with Gasteiger partial charge in [-0.3, -0.25) is 4.68 Å². The van der Waals surface area contributed by atoms with Crippen LogP contribution in [0.15, 0.2) is 6.33 Å². The molecule has 0 radical (unpaired) electrons. The Hall–Kier alpha value is -0.940. The average Bonchev–Trinajstić information content (AvgIpc) is 2.73. The summed E-state index contributed by atoms with van der Waals surface area (Å²) in [6.07, 6.45) is 3.91. The summed E-state index contributed by atoms with van der Waals surface area (Å²) in [7, 11) is 1.92. The summed E-state index contributed by atoms with van der Waals surface area (Å²) in [5.41, 5.74) is 0. The van der Waals surface area contributed by atoms with E-state index in [9.17, 15) is 0 Å². The van der Waals surface area contributed by atoms with Crippen LogP contribution in [0.1, 0.15) is 25.6 Å². The van der Waals surface area contributed by atoms with Gasteiger partial charge in [0.15, 0.2) is 0 Å². The van der Waals surface area contributed by atoms with Crippen LogP contribution in [0.3, 0.4) is 0 Å². The molecular formula is C11H20N4O. The van der Waals surface area contributed by atoms with Gasteiger partial charge in [-0.15, -0.1) is 0 Å². The Balaban J connectivity index is 1.78. The van der Waals surface area contributed by atoms with Gasteiger partial charge in [0, 0.05) is 26.3 Å². The Labute approximate surface area is 96.2 Å². The first-order valence-corrected chi connectivity index (χ1v) is 5.91. The second-order valence-electron chi connectivity index (χ2n) is 4.42. The number of hydrogen-bond donors (Lipinski definition) is 1. The van der Waals surface area contributed by atoms with E-state index in [1.807, 2.05) is 11.7 Å². The molecule has 0 spiro atoms. The molecule has 90 valence electrons. The molecule has 1 aliphatic heterocycles. The van der Waals surface area contributed by atoms with Crippen molar-refractivity contribution in [3.05, 3.63) is 12.2 Å². The van der Waals surface area contributed by atoms with Crippen molar-refractivity contribution in [2.75, 3.05) is 13.2 Å². The number of hydrogen-bond acceptors (Lipinski definition) is 4. The lowest BCUT2D eigenvalue weighted by Gasteiger charge is -2.28. The maximum Gasteiger partial charge on any atom is 0.140 e. The number of nitrogens with one attached hydrogen (secondary N) is 1. The lowest BCUT2D eigenvalue weighted by Crippen LogP contribution is -2.36. The van der Waals surface area contributed by atoms with Gasteiger partial charge >= 0.3 is 0 Å². The fourth-order valence-electron chi connectivity index (χ4n) is 2.11. The molecule has 0 aliphatic carbocycles. The number of ether oxygens (including phenoxy) is 1. The lowest BCUT2D eigenvalue weighted by atomic mass is 9.93. The summed E-state index contributed by atoms with van der Waals surface area (Å²) in [5.74, 6) is 1.71. The van der Waals surface area contributed by atoms with E-state index in [-0.39, 0.29) is 0 Å². The Bertz CT molecular complexity index is 320. The normalized spacial score (nSPS) is 19.9. The molecule has 5 nitrogen and oxygen atoms in total. The van der Waals surface area contributed by atoms with Crippen LogP contribution in [0.4, 0.5) is 0 Å². The van der Waals surface area contributed by atoms with Crippen LogP contribution >= 0.6 is 0 Å². The molecule has 16 heavy (non-hydrogen) atoms. The molecule has 2 heterocycles. The van der Waals surface area contributed by atoms with Crippen LogP contribution < -0.4 is 5.32 Å². The van der Waals surface area contributed by atoms with Crippen LogP contribution in [-0.2, 0) is 18.3 Å². The third-order valence-electron chi connectivity index (χ3n) is 3.36. The summed E-state index contributed by atoms with van der Waals surface area (Å²) in [6.45, 7) is 4.84. The van der Waals surface area contributed by atoms with Gasteiger partial charge < -0.3 is 10.1 Å². The van der Waals surface area contributed by atoms with Crippen molar-refractivity contribution in [3.8, 4) is 0 Å². The Kier molecular flexibility index (Phi) is 3.90. The van der Waals surface area contributed by atoms with Crippen molar-refractivity contribution in [1.82, 2.24) is 20.1 Å². The highest BCUT2D eigenvalue weighted by atomic mass is 16.5. The predicted molar refractivity (Wildman–Crippen MR) is 60.8 cm³/mol. The molecule has 2 rings (SSSR count). The van der Waals surface area contributed by atoms with E-state index in [0.717, 1.165) is 44.3 Å². The van der Waals surface area contributed by atoms with Gasteiger partial charge in [-0.05, 0) is 25.7 Å². The monoisotopic (exact) mass is 224 g/mol. The molecule has 1 saturated heterocycles. The van der Waals surface area contributed by atoms with E-state index in [1.54, 1.807) is 6.33 Å². The second kappa shape index (κ2) is 5.41. The van der Waals surface area contributed by atoms with Crippen LogP contribution in [0.2, 0.25) is 0 Å². The number of aryl methyl sites for hydroxylation is 1. The number of aromatic nitrogens is 3. The Morgan fingerprint density at radius 1 is 1.56 bits per heavy atom. The van der Waals surface area contributed by atoms with Crippen LogP contribution in [0.5, 0.6) is 0 Å². The standard InChI is InChI=1S/C11H20N4O/c1-9(10-3-5-16-6-4-10)12-7-11-13-8-14-15(11)2/h8-10,12H,3-7H2,1-2H3. The van der Waals surface area contributed by atoms with Crippen LogP contribution in [0, 0.1) is 5.92 Å². The van der Waals surface area contributed by atoms with Crippen molar-refractivity contribution >= 4 is 0 Å². The molecule has 1 fully saturated rings. The zero-order valence-electron chi connectivity index (χ0n) is 10.0. The summed E-state index contributed by atoms with van der Waals surface area (Å²) >= 11 is 0. The van der Waals surface area contributed by atoms with Gasteiger partial charge in [-0.25, -0.2) is 4.98 Å². The zero-order valence-corrected chi connectivity index (χ0v) is 10.0. The largest absolute Gasteiger partial charge is 0.381 e. The first-order chi connectivity index (χ1) is 7.77. The molecule has 0 amide bonds. The van der Waals surface area contributed by atoms with Crippen molar-refractivity contribution in [2.24, 2.45) is 13.0 Å². The van der Waals surface area contributed by atoms with Gasteiger partial charge in [0.2, 0.25) is 0 Å². The number of rotatable bonds is 4. The highest BCUT2D eigenvalue weighted by Crippen LogP contribution is 2.18. The van der Waals surface area contributed by atoms with Gasteiger partial charge in [-0.1, -0.05) is 0 Å². The molecule has 0 aromatic carbocycles. The van der Waals surface area contributed by atoms with Gasteiger partial charge in [0.1, 0.15) is 12.2 Å². The molecule has 1 aromatic heterocycles. The summed E-state index contributed by atoms with van der Waals surface area (Å²) in [5, 5.41) is 7.57. The summed E-state index contributed by atoms with van der Waals surface area (Å²) < 4.78 is 7.17. The molecular weight excluding hydrogens is 204 g/mol. The smallest absolute Gasteiger partial charge is 0.140 e. The predicted octanol–water partition coefficient (Wildman–Crippen LogP) is 0.720. The second-order valence-corrected chi connectivity index (χ2v) is 4.42. The van der Waals surface area contributed by atoms with Gasteiger partial charge in [0.25, 0.3) is 0 Å². The quantitative estimate of drug-likeness (QED) is 0.818. The van der Waals surface area contributed by atoms with Gasteiger partial charge in [0.05, 0.1) is 6.54 Å². The summed E-state index contributed by atoms with van der Waals surface area (Å²) in [6, 6.07) is 0.514. The van der Waals surface area contributed by atoms with Crippen molar-refractivity contribution in [3.63, 3.8) is 0 Å². The number of nitrogens with zero attached hydrogens (tertiary/aromatic N) is 3. The highest BCUT2D eigenvalue weighted by molar-refractivity contribution is 4.84. The van der Waals surface area contributed by atoms with Crippen LogP contribution in [0.25, 0.3) is 0 Å². The van der Waals surface area contributed by atoms with E-state index in [0.29, 0.717) is 6.04 Å². The lowest BCUT2D eigenvalue weighted by molar-refractivity contribution is 0.0556. The molecule has 1 unspecified atom stereocenters. The third-order valence-corrected chi connectivity index (χ3v) is 3.36. The summed E-state index contributed by atoms with van der Waals surface area (Å²) in [4.78, 5) is 4.20. The molecule has 0 bridgehead atoms. The minimum absolute atomic E-state index is 0.514. The molecule has 1 aromatic rings. The van der Waals surface area contributed by atoms with E-state index in [1.165, 1.54) is 0 Å². The van der Waals surface area contributed by atoms with Crippen LogP contribution in [-0.4, -0.2) is 34.0 Å². The van der Waals surface area contributed by atoms with Crippen molar-refractivity contribution < 1.29 is 4.74 Å². The Morgan fingerprint density at radius 3 is 2.94 bits per heavy atom. The first-order valence-electron chi connectivity index (χ1n) is 5.91. The van der Waals surface area contributed by atoms with E-state index < -0.39 is 0 Å². The maximum absolute atomic E-state index is 5.37. The van der Waals surface area contributed by atoms with E-state index in [2.05, 4.69) is 22.3 Å². The van der Waals surface area contributed by atoms with E-state index >= 15 is 0 Å². The minimum atomic E-state index is 0.514. The fourth-order valence-corrected chi connectivity index (χ4v) is 2.11. The fraction of sp³-hybridized carbons (Fsp3) is 0.818. The van der Waals surface area contributed by atoms with Crippen molar-refractivity contribution in [1.29, 1.82) is 0 Å². The minimum Gasteiger partial charge on any atom is -0.381 e. The van der Waals surface area contributed by atoms with Crippen molar-refractivity contribution in [2.45, 2.75) is 32.4 Å². The Morgan fingerprint density at radius 2 is 2.31 bits per heavy atom. The highest BCUT2D eigenvalue weighted by Gasteiger charge is 2.20. The first kappa shape index (κ1) is 11.5. The molecule has 1 aliphatic rings. The SMILES string of the molecule is CC(NCc1ncnn1C)C1CCOCC1. The van der Waals surface area contributed by atoms with E-state index in [4.69, 9.17) is 4.74 Å². The molecule has 5 heteroatoms. The topological polar surface area (TPSA) is 52.0 Å². The average molecular weight is 224 g/mol.